The molecule has 2 rings (SSSR count). The normalized spacial score (nSPS) is 10.8. The molecular formula is C18H25N5O3S2. The van der Waals surface area contributed by atoms with E-state index in [1.807, 2.05) is 32.6 Å². The first-order valence-corrected chi connectivity index (χ1v) is 10.6. The van der Waals surface area contributed by atoms with E-state index in [2.05, 4.69) is 20.8 Å². The summed E-state index contributed by atoms with van der Waals surface area (Å²) < 4.78 is 5.70. The molecule has 0 atom stereocenters. The van der Waals surface area contributed by atoms with Crippen LogP contribution in [0.4, 0.5) is 15.6 Å². The lowest BCUT2D eigenvalue weighted by Crippen LogP contribution is -2.43. The summed E-state index contributed by atoms with van der Waals surface area (Å²) in [4.78, 5) is 26.3. The zero-order valence-corrected chi connectivity index (χ0v) is 18.2. The lowest BCUT2D eigenvalue weighted by molar-refractivity contribution is -0.131. The van der Waals surface area contributed by atoms with Crippen LogP contribution >= 0.6 is 23.1 Å². The molecule has 0 spiro atoms. The second kappa shape index (κ2) is 10.3. The quantitative estimate of drug-likeness (QED) is 0.493. The van der Waals surface area contributed by atoms with Gasteiger partial charge in [0, 0.05) is 17.8 Å². The van der Waals surface area contributed by atoms with E-state index in [9.17, 15) is 9.59 Å². The van der Waals surface area contributed by atoms with E-state index in [1.54, 1.807) is 31.4 Å². The Morgan fingerprint density at radius 3 is 2.32 bits per heavy atom. The van der Waals surface area contributed by atoms with Gasteiger partial charge in [-0.3, -0.25) is 10.1 Å². The lowest BCUT2D eigenvalue weighted by atomic mass is 10.2. The molecule has 0 unspecified atom stereocenters. The van der Waals surface area contributed by atoms with Gasteiger partial charge < -0.3 is 15.0 Å². The Morgan fingerprint density at radius 2 is 1.75 bits per heavy atom. The van der Waals surface area contributed by atoms with Crippen molar-refractivity contribution in [1.29, 1.82) is 0 Å². The average Bonchev–Trinajstić information content (AvgIpc) is 3.07. The zero-order valence-electron chi connectivity index (χ0n) is 16.6. The summed E-state index contributed by atoms with van der Waals surface area (Å²) in [5.41, 5.74) is 0.630. The lowest BCUT2D eigenvalue weighted by Gasteiger charge is -2.30. The highest BCUT2D eigenvalue weighted by Crippen LogP contribution is 2.26. The van der Waals surface area contributed by atoms with Crippen molar-refractivity contribution >= 4 is 45.9 Å². The van der Waals surface area contributed by atoms with E-state index < -0.39 is 6.03 Å². The Bertz CT molecular complexity index is 785. The zero-order chi connectivity index (χ0) is 20.7. The van der Waals surface area contributed by atoms with Crippen LogP contribution in [0.1, 0.15) is 27.7 Å². The Morgan fingerprint density at radius 1 is 1.11 bits per heavy atom. The van der Waals surface area contributed by atoms with E-state index in [4.69, 9.17) is 4.74 Å². The summed E-state index contributed by atoms with van der Waals surface area (Å²) in [6.45, 7) is 7.99. The van der Waals surface area contributed by atoms with Crippen molar-refractivity contribution < 1.29 is 14.3 Å². The van der Waals surface area contributed by atoms with Crippen molar-refractivity contribution in [2.45, 2.75) is 44.1 Å². The van der Waals surface area contributed by atoms with E-state index in [0.717, 1.165) is 0 Å². The van der Waals surface area contributed by atoms with Gasteiger partial charge in [0.1, 0.15) is 5.75 Å². The Balaban J connectivity index is 1.85. The minimum Gasteiger partial charge on any atom is -0.497 e. The third kappa shape index (κ3) is 6.38. The molecule has 0 fully saturated rings. The van der Waals surface area contributed by atoms with Gasteiger partial charge in [0.2, 0.25) is 11.0 Å². The summed E-state index contributed by atoms with van der Waals surface area (Å²) in [6.07, 6.45) is 0. The maximum atomic E-state index is 12.4. The molecule has 0 saturated heterocycles. The number of carbonyl (C=O) groups is 2. The molecule has 28 heavy (non-hydrogen) atoms. The topological polar surface area (TPSA) is 96.5 Å². The van der Waals surface area contributed by atoms with Gasteiger partial charge in [-0.25, -0.2) is 4.79 Å². The standard InChI is InChI=1S/C18H25N5O3S2/c1-11(2)23(12(3)4)15(24)10-27-18-22-21-17(28-18)20-16(25)19-13-6-8-14(26-5)9-7-13/h6-9,11-12H,10H2,1-5H3,(H2,19,20,21,25). The number of benzene rings is 1. The number of carbonyl (C=O) groups excluding carboxylic acids is 2. The number of methoxy groups -OCH3 is 1. The number of thioether (sulfide) groups is 1. The molecule has 2 aromatic rings. The van der Waals surface area contributed by atoms with Gasteiger partial charge in [-0.05, 0) is 52.0 Å². The Labute approximate surface area is 173 Å². The molecular weight excluding hydrogens is 398 g/mol. The monoisotopic (exact) mass is 423 g/mol. The minimum atomic E-state index is -0.417. The maximum Gasteiger partial charge on any atom is 0.325 e. The van der Waals surface area contributed by atoms with Crippen LogP contribution in [-0.4, -0.2) is 52.0 Å². The fourth-order valence-corrected chi connectivity index (χ4v) is 4.24. The fraction of sp³-hybridized carbons (Fsp3) is 0.444. The van der Waals surface area contributed by atoms with Crippen LogP contribution < -0.4 is 15.4 Å². The molecule has 1 aromatic carbocycles. The van der Waals surface area contributed by atoms with Gasteiger partial charge in [0.25, 0.3) is 0 Å². The van der Waals surface area contributed by atoms with Gasteiger partial charge in [-0.15, -0.1) is 10.2 Å². The molecule has 8 nitrogen and oxygen atoms in total. The third-order valence-electron chi connectivity index (χ3n) is 3.69. The molecule has 0 aliphatic rings. The molecule has 0 saturated carbocycles. The van der Waals surface area contributed by atoms with Crippen molar-refractivity contribution in [3.63, 3.8) is 0 Å². The van der Waals surface area contributed by atoms with Crippen molar-refractivity contribution in [3.05, 3.63) is 24.3 Å². The number of aromatic nitrogens is 2. The summed E-state index contributed by atoms with van der Waals surface area (Å²) in [5, 5.41) is 13.7. The number of nitrogens with one attached hydrogen (secondary N) is 2. The molecule has 1 heterocycles. The van der Waals surface area contributed by atoms with Gasteiger partial charge in [0.15, 0.2) is 4.34 Å². The smallest absolute Gasteiger partial charge is 0.325 e. The van der Waals surface area contributed by atoms with Gasteiger partial charge in [0.05, 0.1) is 12.9 Å². The Hall–Kier alpha value is -2.33. The second-order valence-electron chi connectivity index (χ2n) is 6.46. The van der Waals surface area contributed by atoms with Gasteiger partial charge in [-0.2, -0.15) is 0 Å². The number of nitrogens with zero attached hydrogens (tertiary/aromatic N) is 3. The third-order valence-corrected chi connectivity index (χ3v) is 5.65. The highest BCUT2D eigenvalue weighted by molar-refractivity contribution is 8.01. The van der Waals surface area contributed by atoms with E-state index in [1.165, 1.54) is 23.1 Å². The maximum absolute atomic E-state index is 12.4. The van der Waals surface area contributed by atoms with Crippen molar-refractivity contribution in [3.8, 4) is 5.75 Å². The van der Waals surface area contributed by atoms with Crippen molar-refractivity contribution in [1.82, 2.24) is 15.1 Å². The number of ether oxygens (including phenoxy) is 1. The van der Waals surface area contributed by atoms with Crippen LogP contribution in [-0.2, 0) is 4.79 Å². The molecule has 0 radical (unpaired) electrons. The molecule has 3 amide bonds. The summed E-state index contributed by atoms with van der Waals surface area (Å²) in [6, 6.07) is 6.84. The first-order chi connectivity index (χ1) is 13.3. The first kappa shape index (κ1) is 22.0. The first-order valence-electron chi connectivity index (χ1n) is 8.79. The number of anilines is 2. The highest BCUT2D eigenvalue weighted by atomic mass is 32.2. The molecule has 0 aliphatic heterocycles. The van der Waals surface area contributed by atoms with Crippen LogP contribution in [0.15, 0.2) is 28.6 Å². The Kier molecular flexibility index (Phi) is 8.06. The molecule has 152 valence electrons. The van der Waals surface area contributed by atoms with Crippen LogP contribution in [0.2, 0.25) is 0 Å². The number of amides is 3. The largest absolute Gasteiger partial charge is 0.497 e. The SMILES string of the molecule is COc1ccc(NC(=O)Nc2nnc(SCC(=O)N(C(C)C)C(C)C)s2)cc1. The average molecular weight is 424 g/mol. The summed E-state index contributed by atoms with van der Waals surface area (Å²) in [5.74, 6) is 1.04. The van der Waals surface area contributed by atoms with E-state index >= 15 is 0 Å². The van der Waals surface area contributed by atoms with Gasteiger partial charge in [-0.1, -0.05) is 23.1 Å². The van der Waals surface area contributed by atoms with E-state index in [0.29, 0.717) is 20.9 Å². The second-order valence-corrected chi connectivity index (χ2v) is 8.66. The minimum absolute atomic E-state index is 0.0527. The van der Waals surface area contributed by atoms with Crippen molar-refractivity contribution in [2.75, 3.05) is 23.5 Å². The summed E-state index contributed by atoms with van der Waals surface area (Å²) >= 11 is 2.54. The van der Waals surface area contributed by atoms with Crippen LogP contribution in [0.3, 0.4) is 0 Å². The fourth-order valence-electron chi connectivity index (χ4n) is 2.62. The predicted molar refractivity (Wildman–Crippen MR) is 113 cm³/mol. The molecule has 2 N–H and O–H groups in total. The predicted octanol–water partition coefficient (Wildman–Crippen LogP) is 3.93. The van der Waals surface area contributed by atoms with Crippen LogP contribution in [0, 0.1) is 0 Å². The highest BCUT2D eigenvalue weighted by Gasteiger charge is 2.20. The van der Waals surface area contributed by atoms with Crippen LogP contribution in [0.5, 0.6) is 5.75 Å². The number of hydrogen-bond acceptors (Lipinski definition) is 7. The summed E-state index contributed by atoms with van der Waals surface area (Å²) in [7, 11) is 1.58. The van der Waals surface area contributed by atoms with Crippen molar-refractivity contribution in [2.24, 2.45) is 0 Å². The van der Waals surface area contributed by atoms with Gasteiger partial charge >= 0.3 is 6.03 Å². The molecule has 1 aromatic heterocycles. The number of urea groups is 1. The van der Waals surface area contributed by atoms with Crippen LogP contribution in [0.25, 0.3) is 0 Å². The molecule has 0 bridgehead atoms. The number of rotatable bonds is 8. The van der Waals surface area contributed by atoms with E-state index in [-0.39, 0.29) is 23.7 Å². The molecule has 10 heteroatoms. The number of hydrogen-bond donors (Lipinski definition) is 2. The molecule has 0 aliphatic carbocycles.